The molecular formula is C6H6CoN6O6Zn. The third-order valence-corrected chi connectivity index (χ3v) is 0. The Morgan fingerprint density at radius 3 is 0.400 bits per heavy atom. The molecule has 0 spiro atoms. The van der Waals surface area contributed by atoms with Crippen molar-refractivity contribution in [3.63, 3.8) is 0 Å². The molecular weight excluding hydrogens is 376 g/mol. The van der Waals surface area contributed by atoms with Gasteiger partial charge in [0.15, 0.2) is 0 Å². The Balaban J connectivity index is -0.0000000141. The van der Waals surface area contributed by atoms with E-state index in [0.29, 0.717) is 0 Å². The van der Waals surface area contributed by atoms with Crippen molar-refractivity contribution in [1.29, 1.82) is 31.6 Å². The normalized spacial score (nSPS) is 2.10. The average Bonchev–Trinajstić information content (AvgIpc) is 2.23. The van der Waals surface area contributed by atoms with Gasteiger partial charge in [-0.2, -0.15) is 31.6 Å². The van der Waals surface area contributed by atoms with Gasteiger partial charge in [0.2, 0.25) is 0 Å². The van der Waals surface area contributed by atoms with Crippen molar-refractivity contribution in [2.75, 3.05) is 0 Å². The summed E-state index contributed by atoms with van der Waals surface area (Å²) in [4.78, 5) is 0. The first-order valence-electron chi connectivity index (χ1n) is 2.68. The van der Waals surface area contributed by atoms with Crippen LogP contribution in [0.1, 0.15) is 0 Å². The zero-order valence-electron chi connectivity index (χ0n) is 9.41. The Labute approximate surface area is 136 Å². The minimum Gasteiger partial charge on any atom is -0.443 e. The molecule has 0 fully saturated rings. The van der Waals surface area contributed by atoms with Crippen LogP contribution in [0, 0.1) is 69.1 Å². The first kappa shape index (κ1) is 54.0. The number of aliphatic hydroxyl groups excluding tert-OH is 6. The van der Waals surface area contributed by atoms with E-state index < -0.39 is 0 Å². The fraction of sp³-hybridized carbons (Fsp3) is 0. The van der Waals surface area contributed by atoms with Gasteiger partial charge in [-0.1, -0.05) is 0 Å². The number of hydrogen-bond acceptors (Lipinski definition) is 12. The summed E-state index contributed by atoms with van der Waals surface area (Å²) >= 11 is 0. The number of nitriles is 6. The molecule has 20 heavy (non-hydrogen) atoms. The van der Waals surface area contributed by atoms with Gasteiger partial charge in [0.25, 0.3) is 37.5 Å². The van der Waals surface area contributed by atoms with Crippen molar-refractivity contribution in [2.45, 2.75) is 0 Å². The predicted octanol–water partition coefficient (Wildman–Crippen LogP) is -0.965. The summed E-state index contributed by atoms with van der Waals surface area (Å²) in [6, 6.07) is 0. The van der Waals surface area contributed by atoms with Crippen LogP contribution in [0.25, 0.3) is 0 Å². The molecule has 107 valence electrons. The smallest absolute Gasteiger partial charge is 0.283 e. The summed E-state index contributed by atoms with van der Waals surface area (Å²) in [5.74, 6) is 0. The molecule has 0 rings (SSSR count). The summed E-state index contributed by atoms with van der Waals surface area (Å²) in [6.45, 7) is 0. The number of hydrogen-bond donors (Lipinski definition) is 6. The van der Waals surface area contributed by atoms with Crippen LogP contribution in [0.5, 0.6) is 0 Å². The number of rotatable bonds is 0. The SMILES string of the molecule is N#CO.N#CO.N#CO.N#CO.N#CO.N#CO.[Co].[Zn]. The van der Waals surface area contributed by atoms with Crippen LogP contribution in [-0.2, 0) is 36.3 Å². The zero-order valence-corrected chi connectivity index (χ0v) is 13.4. The van der Waals surface area contributed by atoms with Gasteiger partial charge in [-0.3, -0.25) is 0 Å². The molecule has 1 radical (unpaired) electrons. The van der Waals surface area contributed by atoms with E-state index in [1.54, 1.807) is 0 Å². The Morgan fingerprint density at radius 1 is 0.400 bits per heavy atom. The van der Waals surface area contributed by atoms with Gasteiger partial charge in [0, 0.05) is 36.3 Å². The van der Waals surface area contributed by atoms with Crippen LogP contribution in [0.15, 0.2) is 0 Å². The predicted molar refractivity (Wildman–Crippen MR) is 45.3 cm³/mol. The van der Waals surface area contributed by atoms with Gasteiger partial charge < -0.3 is 30.6 Å². The fourth-order valence-corrected chi connectivity index (χ4v) is 0. The van der Waals surface area contributed by atoms with Gasteiger partial charge in [0.1, 0.15) is 0 Å². The molecule has 6 N–H and O–H groups in total. The Kier molecular flexibility index (Phi) is 1150. The van der Waals surface area contributed by atoms with Crippen molar-refractivity contribution < 1.29 is 66.9 Å². The largest absolute Gasteiger partial charge is 0.443 e. The quantitative estimate of drug-likeness (QED) is 0.218. The van der Waals surface area contributed by atoms with Crippen LogP contribution in [-0.4, -0.2) is 30.6 Å². The van der Waals surface area contributed by atoms with Crippen molar-refractivity contribution in [3.05, 3.63) is 0 Å². The van der Waals surface area contributed by atoms with Crippen molar-refractivity contribution in [2.24, 2.45) is 0 Å². The van der Waals surface area contributed by atoms with E-state index in [1.807, 2.05) is 0 Å². The Morgan fingerprint density at radius 2 is 0.400 bits per heavy atom. The molecule has 0 aliphatic carbocycles. The maximum atomic E-state index is 6.88. The summed E-state index contributed by atoms with van der Waals surface area (Å²) in [6.07, 6.45) is 4.50. The molecule has 0 saturated heterocycles. The monoisotopic (exact) mass is 381 g/mol. The molecule has 0 bridgehead atoms. The summed E-state index contributed by atoms with van der Waals surface area (Å²) in [7, 11) is 0. The summed E-state index contributed by atoms with van der Waals surface area (Å²) < 4.78 is 0. The van der Waals surface area contributed by atoms with Gasteiger partial charge in [0.05, 0.1) is 0 Å². The van der Waals surface area contributed by atoms with E-state index in [4.69, 9.17) is 62.2 Å². The second-order valence-electron chi connectivity index (χ2n) is 0.600. The average molecular weight is 382 g/mol. The van der Waals surface area contributed by atoms with E-state index in [9.17, 15) is 0 Å². The molecule has 0 aliphatic rings. The first-order valence-corrected chi connectivity index (χ1v) is 2.68. The molecule has 0 atom stereocenters. The van der Waals surface area contributed by atoms with Crippen molar-refractivity contribution in [3.8, 4) is 37.5 Å². The molecule has 12 nitrogen and oxygen atoms in total. The minimum absolute atomic E-state index is 0. The second kappa shape index (κ2) is 426. The van der Waals surface area contributed by atoms with Gasteiger partial charge in [-0.05, 0) is 0 Å². The maximum Gasteiger partial charge on any atom is 0.283 e. The van der Waals surface area contributed by atoms with Crippen molar-refractivity contribution >= 4 is 0 Å². The molecule has 0 saturated carbocycles. The standard InChI is InChI=1S/6CHNO.Co.Zn/c6*2-1-3;;/h6*3H;;. The van der Waals surface area contributed by atoms with E-state index >= 15 is 0 Å². The third-order valence-electron chi connectivity index (χ3n) is 0. The van der Waals surface area contributed by atoms with Crippen LogP contribution < -0.4 is 0 Å². The van der Waals surface area contributed by atoms with Gasteiger partial charge in [-0.15, -0.1) is 0 Å². The fourth-order valence-electron chi connectivity index (χ4n) is 0. The zero-order chi connectivity index (χ0) is 16.2. The molecule has 0 aromatic heterocycles. The first-order chi connectivity index (χ1) is 8.49. The molecule has 0 aliphatic heterocycles. The minimum atomic E-state index is 0. The topological polar surface area (TPSA) is 264 Å². The summed E-state index contributed by atoms with van der Waals surface area (Å²) in [5, 5.41) is 82.5. The molecule has 0 aromatic rings. The van der Waals surface area contributed by atoms with Gasteiger partial charge in [-0.25, -0.2) is 0 Å². The van der Waals surface area contributed by atoms with Crippen molar-refractivity contribution in [1.82, 2.24) is 0 Å². The number of nitrogens with zero attached hydrogens (tertiary/aromatic N) is 6. The molecule has 0 aromatic carbocycles. The third kappa shape index (κ3) is 292. The van der Waals surface area contributed by atoms with E-state index in [1.165, 1.54) is 0 Å². The van der Waals surface area contributed by atoms with Crippen LogP contribution in [0.3, 0.4) is 0 Å². The van der Waals surface area contributed by atoms with Crippen LogP contribution >= 0.6 is 0 Å². The van der Waals surface area contributed by atoms with Crippen LogP contribution in [0.2, 0.25) is 0 Å². The molecule has 0 unspecified atom stereocenters. The number of aliphatic hydroxyl groups is 6. The molecule has 0 amide bonds. The summed E-state index contributed by atoms with van der Waals surface area (Å²) in [5.41, 5.74) is 0. The molecule has 14 heteroatoms. The van der Waals surface area contributed by atoms with Crippen LogP contribution in [0.4, 0.5) is 0 Å². The maximum absolute atomic E-state index is 6.88. The van der Waals surface area contributed by atoms with Gasteiger partial charge >= 0.3 is 0 Å². The second-order valence-corrected chi connectivity index (χ2v) is 0.600. The van der Waals surface area contributed by atoms with E-state index in [2.05, 4.69) is 0 Å². The Hall–Kier alpha value is -3.13. The van der Waals surface area contributed by atoms with E-state index in [-0.39, 0.29) is 36.3 Å². The molecule has 0 heterocycles. The van der Waals surface area contributed by atoms with E-state index in [0.717, 1.165) is 37.5 Å². The Bertz CT molecular complexity index is 262.